The fraction of sp³-hybridized carbons (Fsp3) is 0.467. The fourth-order valence-electron chi connectivity index (χ4n) is 2.30. The Morgan fingerprint density at radius 2 is 2.19 bits per heavy atom. The van der Waals surface area contributed by atoms with Gasteiger partial charge in [-0.3, -0.25) is 9.78 Å². The molecule has 5 nitrogen and oxygen atoms in total. The number of nitrogens with one attached hydrogen (secondary N) is 1. The first-order valence-corrected chi connectivity index (χ1v) is 7.79. The number of anilines is 1. The molecule has 0 saturated carbocycles. The summed E-state index contributed by atoms with van der Waals surface area (Å²) in [6.07, 6.45) is 1.82. The summed E-state index contributed by atoms with van der Waals surface area (Å²) >= 11 is 1.43. The van der Waals surface area contributed by atoms with Crippen LogP contribution in [0, 0.1) is 13.8 Å². The van der Waals surface area contributed by atoms with Crippen LogP contribution in [-0.2, 0) is 4.74 Å². The molecule has 0 fully saturated rings. The standard InChI is InChI=1S/C15H21N3O2S/c1-9-8-11-12(10(2)18-9)13(16)14(21-11)15(19)17-6-4-5-7-20-3/h8H,4-7,16H2,1-3H3,(H,17,19). The number of fused-ring (bicyclic) bond motifs is 1. The lowest BCUT2D eigenvalue weighted by Gasteiger charge is -2.04. The predicted molar refractivity (Wildman–Crippen MR) is 86.9 cm³/mol. The second-order valence-electron chi connectivity index (χ2n) is 5.02. The van der Waals surface area contributed by atoms with E-state index in [9.17, 15) is 4.79 Å². The molecule has 0 bridgehead atoms. The Bertz CT molecular complexity index is 652. The molecular formula is C15H21N3O2S. The maximum atomic E-state index is 12.2. The molecule has 6 heteroatoms. The average Bonchev–Trinajstić information content (AvgIpc) is 2.75. The molecule has 1 amide bonds. The van der Waals surface area contributed by atoms with Crippen molar-refractivity contribution in [1.82, 2.24) is 10.3 Å². The molecule has 0 aliphatic carbocycles. The third kappa shape index (κ3) is 3.51. The zero-order chi connectivity index (χ0) is 15.4. The van der Waals surface area contributed by atoms with Crippen LogP contribution >= 0.6 is 11.3 Å². The Balaban J connectivity index is 2.13. The van der Waals surface area contributed by atoms with Crippen molar-refractivity contribution < 1.29 is 9.53 Å². The number of nitrogen functional groups attached to an aromatic ring is 1. The molecule has 3 N–H and O–H groups in total. The number of amides is 1. The highest BCUT2D eigenvalue weighted by Gasteiger charge is 2.18. The van der Waals surface area contributed by atoms with Gasteiger partial charge in [-0.15, -0.1) is 11.3 Å². The van der Waals surface area contributed by atoms with E-state index in [1.54, 1.807) is 7.11 Å². The predicted octanol–water partition coefficient (Wildman–Crippen LogP) is 2.65. The van der Waals surface area contributed by atoms with E-state index < -0.39 is 0 Å². The zero-order valence-electron chi connectivity index (χ0n) is 12.7. The number of hydrogen-bond acceptors (Lipinski definition) is 5. The van der Waals surface area contributed by atoms with E-state index in [1.807, 2.05) is 19.9 Å². The summed E-state index contributed by atoms with van der Waals surface area (Å²) in [7, 11) is 1.68. The third-order valence-corrected chi connectivity index (χ3v) is 4.44. The van der Waals surface area contributed by atoms with Crippen molar-refractivity contribution in [3.63, 3.8) is 0 Å². The first kappa shape index (κ1) is 15.7. The topological polar surface area (TPSA) is 77.2 Å². The largest absolute Gasteiger partial charge is 0.397 e. The lowest BCUT2D eigenvalue weighted by molar-refractivity contribution is 0.0956. The number of aromatic nitrogens is 1. The van der Waals surface area contributed by atoms with Gasteiger partial charge in [0.15, 0.2) is 0 Å². The Morgan fingerprint density at radius 1 is 1.43 bits per heavy atom. The van der Waals surface area contributed by atoms with Gasteiger partial charge in [-0.2, -0.15) is 0 Å². The second-order valence-corrected chi connectivity index (χ2v) is 6.08. The van der Waals surface area contributed by atoms with Gasteiger partial charge in [0.25, 0.3) is 5.91 Å². The van der Waals surface area contributed by atoms with Crippen LogP contribution in [0.5, 0.6) is 0 Å². The van der Waals surface area contributed by atoms with Crippen LogP contribution in [-0.4, -0.2) is 31.2 Å². The first-order valence-electron chi connectivity index (χ1n) is 6.98. The summed E-state index contributed by atoms with van der Waals surface area (Å²) in [4.78, 5) is 17.2. The monoisotopic (exact) mass is 307 g/mol. The number of rotatable bonds is 6. The van der Waals surface area contributed by atoms with Crippen LogP contribution < -0.4 is 11.1 Å². The maximum Gasteiger partial charge on any atom is 0.263 e. The Hall–Kier alpha value is -1.66. The molecule has 0 unspecified atom stereocenters. The van der Waals surface area contributed by atoms with Crippen LogP contribution in [0.3, 0.4) is 0 Å². The van der Waals surface area contributed by atoms with Gasteiger partial charge in [0.05, 0.1) is 5.69 Å². The SMILES string of the molecule is COCCCCNC(=O)c1sc2cc(C)nc(C)c2c1N. The van der Waals surface area contributed by atoms with Gasteiger partial charge < -0.3 is 15.8 Å². The highest BCUT2D eigenvalue weighted by Crippen LogP contribution is 2.35. The van der Waals surface area contributed by atoms with Gasteiger partial charge in [-0.1, -0.05) is 0 Å². The van der Waals surface area contributed by atoms with Crippen LogP contribution in [0.2, 0.25) is 0 Å². The normalized spacial score (nSPS) is 11.0. The van der Waals surface area contributed by atoms with E-state index in [4.69, 9.17) is 10.5 Å². The molecule has 21 heavy (non-hydrogen) atoms. The van der Waals surface area contributed by atoms with Gasteiger partial charge in [-0.25, -0.2) is 0 Å². The molecule has 114 valence electrons. The number of nitrogens with zero attached hydrogens (tertiary/aromatic N) is 1. The molecule has 0 aliphatic heterocycles. The van der Waals surface area contributed by atoms with Crippen LogP contribution in [0.4, 0.5) is 5.69 Å². The van der Waals surface area contributed by atoms with Gasteiger partial charge in [-0.05, 0) is 32.8 Å². The third-order valence-electron chi connectivity index (χ3n) is 3.29. The van der Waals surface area contributed by atoms with E-state index in [0.29, 0.717) is 23.7 Å². The van der Waals surface area contributed by atoms with Gasteiger partial charge in [0.2, 0.25) is 0 Å². The molecule has 2 aromatic heterocycles. The number of thiophene rings is 1. The summed E-state index contributed by atoms with van der Waals surface area (Å²) in [5, 5.41) is 3.81. The minimum absolute atomic E-state index is 0.108. The van der Waals surface area contributed by atoms with Crippen molar-refractivity contribution in [1.29, 1.82) is 0 Å². The van der Waals surface area contributed by atoms with Crippen LogP contribution in [0.15, 0.2) is 6.07 Å². The number of ether oxygens (including phenoxy) is 1. The number of methoxy groups -OCH3 is 1. The highest BCUT2D eigenvalue weighted by atomic mass is 32.1. The summed E-state index contributed by atoms with van der Waals surface area (Å²) < 4.78 is 6.00. The van der Waals surface area contributed by atoms with Crippen LogP contribution in [0.1, 0.15) is 33.9 Å². The summed E-state index contributed by atoms with van der Waals surface area (Å²) in [6, 6.07) is 1.97. The number of unbranched alkanes of at least 4 members (excludes halogenated alkanes) is 1. The number of nitrogens with two attached hydrogens (primary N) is 1. The molecule has 2 heterocycles. The maximum absolute atomic E-state index is 12.2. The van der Waals surface area contributed by atoms with Crippen molar-refractivity contribution in [3.05, 3.63) is 22.3 Å². The highest BCUT2D eigenvalue weighted by molar-refractivity contribution is 7.21. The lowest BCUT2D eigenvalue weighted by Crippen LogP contribution is -2.24. The number of hydrogen-bond donors (Lipinski definition) is 2. The van der Waals surface area contributed by atoms with E-state index in [0.717, 1.165) is 34.3 Å². The Morgan fingerprint density at radius 3 is 2.90 bits per heavy atom. The van der Waals surface area contributed by atoms with E-state index in [2.05, 4.69) is 10.3 Å². The summed E-state index contributed by atoms with van der Waals surface area (Å²) in [5.41, 5.74) is 8.48. The molecular weight excluding hydrogens is 286 g/mol. The van der Waals surface area contributed by atoms with E-state index in [-0.39, 0.29) is 5.91 Å². The first-order chi connectivity index (χ1) is 10.0. The average molecular weight is 307 g/mol. The van der Waals surface area contributed by atoms with Crippen LogP contribution in [0.25, 0.3) is 10.1 Å². The second kappa shape index (κ2) is 6.87. The quantitative estimate of drug-likeness (QED) is 0.804. The fourth-order valence-corrected chi connectivity index (χ4v) is 3.49. The Kier molecular flexibility index (Phi) is 5.14. The lowest BCUT2D eigenvalue weighted by atomic mass is 10.2. The van der Waals surface area contributed by atoms with Crippen molar-refractivity contribution in [3.8, 4) is 0 Å². The summed E-state index contributed by atoms with van der Waals surface area (Å²) in [5.74, 6) is -0.108. The minimum Gasteiger partial charge on any atom is -0.397 e. The molecule has 0 radical (unpaired) electrons. The molecule has 0 spiro atoms. The number of aryl methyl sites for hydroxylation is 2. The van der Waals surface area contributed by atoms with Gasteiger partial charge in [0.1, 0.15) is 4.88 Å². The minimum atomic E-state index is -0.108. The van der Waals surface area contributed by atoms with E-state index >= 15 is 0 Å². The van der Waals surface area contributed by atoms with Gasteiger partial charge >= 0.3 is 0 Å². The Labute approximate surface area is 128 Å². The van der Waals surface area contributed by atoms with Crippen molar-refractivity contribution in [2.45, 2.75) is 26.7 Å². The molecule has 0 atom stereocenters. The van der Waals surface area contributed by atoms with Crippen molar-refractivity contribution in [2.75, 3.05) is 26.0 Å². The number of pyridine rings is 1. The number of carbonyl (C=O) groups excluding carboxylic acids is 1. The zero-order valence-corrected chi connectivity index (χ0v) is 13.5. The molecule has 0 aliphatic rings. The molecule has 0 aromatic carbocycles. The smallest absolute Gasteiger partial charge is 0.263 e. The molecule has 2 aromatic rings. The van der Waals surface area contributed by atoms with E-state index in [1.165, 1.54) is 11.3 Å². The number of carbonyl (C=O) groups is 1. The summed E-state index contributed by atoms with van der Waals surface area (Å²) in [6.45, 7) is 5.21. The van der Waals surface area contributed by atoms with Crippen molar-refractivity contribution >= 4 is 33.0 Å². The van der Waals surface area contributed by atoms with Crippen molar-refractivity contribution in [2.24, 2.45) is 0 Å². The van der Waals surface area contributed by atoms with Gasteiger partial charge in [0, 0.05) is 41.7 Å². The molecule has 0 saturated heterocycles. The molecule has 2 rings (SSSR count).